The van der Waals surface area contributed by atoms with E-state index in [9.17, 15) is 30.4 Å². The summed E-state index contributed by atoms with van der Waals surface area (Å²) in [4.78, 5) is 49.8. The van der Waals surface area contributed by atoms with Gasteiger partial charge in [0.15, 0.2) is 0 Å². The third-order valence-electron chi connectivity index (χ3n) is 16.6. The number of phenolic OH excluding ortho intramolecular Hbond substituents is 1. The molecule has 93 heavy (non-hydrogen) atoms. The van der Waals surface area contributed by atoms with Gasteiger partial charge in [-0.05, 0) is 123 Å². The highest BCUT2D eigenvalue weighted by Crippen LogP contribution is 2.45. The van der Waals surface area contributed by atoms with E-state index in [1.165, 1.54) is 116 Å². The van der Waals surface area contributed by atoms with Gasteiger partial charge < -0.3 is 21.1 Å². The Morgan fingerprint density at radius 2 is 0.699 bits per heavy atom. The van der Waals surface area contributed by atoms with Gasteiger partial charge in [0.05, 0.1) is 49.9 Å². The third kappa shape index (κ3) is 21.2. The number of benzene rings is 6. The van der Waals surface area contributed by atoms with Crippen molar-refractivity contribution in [3.05, 3.63) is 172 Å². The molecule has 6 aromatic carbocycles. The number of para-hydroxylation sites is 3. The Labute approximate surface area is 551 Å². The van der Waals surface area contributed by atoms with Crippen LogP contribution in [-0.2, 0) is 58.8 Å². The number of carbonyl (C=O) groups excluding carboxylic acids is 6. The molecule has 0 saturated carbocycles. The first-order valence-electron chi connectivity index (χ1n) is 32.1. The van der Waals surface area contributed by atoms with Crippen molar-refractivity contribution in [3.8, 4) is 5.75 Å². The average Bonchev–Trinajstić information content (AvgIpc) is 1.63. The second kappa shape index (κ2) is 39.8. The lowest BCUT2D eigenvalue weighted by atomic mass is 9.95. The maximum absolute atomic E-state index is 13.3. The van der Waals surface area contributed by atoms with Crippen LogP contribution >= 0.6 is 0 Å². The molecule has 0 saturated heterocycles. The summed E-state index contributed by atoms with van der Waals surface area (Å²) in [6.45, 7) is 13.2. The van der Waals surface area contributed by atoms with E-state index >= 15 is 0 Å². The number of nitrogens with one attached hydrogen (secondary N) is 3. The van der Waals surface area contributed by atoms with Gasteiger partial charge >= 0.3 is 18.5 Å². The van der Waals surface area contributed by atoms with E-state index in [-0.39, 0.29) is 47.2 Å². The van der Waals surface area contributed by atoms with Gasteiger partial charge in [0, 0.05) is 26.7 Å². The number of phenols is 1. The first kappa shape index (κ1) is 77.8. The number of unbranched alkanes of at least 4 members (excludes halogenated alkanes) is 15. The van der Waals surface area contributed by atoms with Crippen LogP contribution in [0.4, 0.5) is 17.1 Å². The van der Waals surface area contributed by atoms with Crippen molar-refractivity contribution in [1.82, 2.24) is 16.0 Å². The number of hydrogen-bond donors (Lipinski definition) is 4. The Bertz CT molecular complexity index is 3730. The number of hydrogen-bond acceptors (Lipinski definition) is 16. The second-order valence-corrected chi connectivity index (χ2v) is 28.9. The standard InChI is InChI=1S/2C23H32N2O2S.C22H30N2O3S.3CO2/c1-4-5-6-7-8-11-16-24-23-19-12-9-10-13-21(19)25(3)28(26,27)22-15-14-18(2)17-20(22)23;1-4-5-6-7-8-11-16-24-23-19-12-9-10-13-21(19)25(3)28(26,27)22-17-18(2)14-15-20(22)23;1-3-4-5-6-7-10-16-23-21-17-12-8-9-15-20(17)28(26,27)24(2)22-18(21)13-11-14-19(22)25;3*2-1-3/h2*9-10,12-15,17,23-24H,4-8,11,16H2,1-3H3;8-9,11-15,21,23,25H,3-7,10,16H2,1-2H3;;;. The summed E-state index contributed by atoms with van der Waals surface area (Å²) in [5.41, 5.74) is 9.10. The molecule has 0 bridgehead atoms. The molecule has 3 atom stereocenters. The van der Waals surface area contributed by atoms with Crippen molar-refractivity contribution in [2.24, 2.45) is 0 Å². The molecule has 504 valence electrons. The third-order valence-corrected chi connectivity index (χ3v) is 22.1. The van der Waals surface area contributed by atoms with Crippen LogP contribution < -0.4 is 28.9 Å². The first-order chi connectivity index (χ1) is 44.7. The fraction of sp³-hybridized carbons (Fsp3) is 0.451. The van der Waals surface area contributed by atoms with Crippen LogP contribution in [-0.4, -0.2) is 89.6 Å². The van der Waals surface area contributed by atoms with Gasteiger partial charge in [-0.1, -0.05) is 214 Å². The normalized spacial score (nSPS) is 16.2. The Kier molecular flexibility index (Phi) is 33.3. The van der Waals surface area contributed by atoms with E-state index in [0.717, 1.165) is 101 Å². The summed E-state index contributed by atoms with van der Waals surface area (Å²) in [5.74, 6) is -0.0252. The SMILES string of the molecule is CCCCCCCCNC1c2ccccc2N(C)S(=O)(=O)c2cc(C)ccc21.CCCCCCCCNC1c2ccccc2N(C)S(=O)(=O)c2ccc(C)cc21.CCCCCCCCNC1c2ccccc2S(=O)(=O)N(C)c2c(O)cccc21.O=C=O.O=C=O.O=C=O. The number of aryl methyl sites for hydroxylation is 2. The lowest BCUT2D eigenvalue weighted by Gasteiger charge is -2.23. The van der Waals surface area contributed by atoms with Gasteiger partial charge in [0.2, 0.25) is 0 Å². The van der Waals surface area contributed by atoms with Crippen LogP contribution in [0, 0.1) is 13.8 Å². The molecule has 0 spiro atoms. The Balaban J connectivity index is 0.000000279. The largest absolute Gasteiger partial charge is 0.506 e. The molecule has 3 aliphatic rings. The lowest BCUT2D eigenvalue weighted by Crippen LogP contribution is -2.26. The topological polar surface area (TPSA) is 271 Å². The Hall–Kier alpha value is -7.61. The fourth-order valence-corrected chi connectivity index (χ4v) is 16.2. The van der Waals surface area contributed by atoms with E-state index < -0.39 is 30.1 Å². The molecule has 3 aliphatic heterocycles. The number of sulfonamides is 3. The highest BCUT2D eigenvalue weighted by atomic mass is 32.2. The zero-order chi connectivity index (χ0) is 68.6. The zero-order valence-electron chi connectivity index (χ0n) is 55.1. The summed E-state index contributed by atoms with van der Waals surface area (Å²) < 4.78 is 83.3. The van der Waals surface area contributed by atoms with Gasteiger partial charge in [-0.3, -0.25) is 12.9 Å². The highest BCUT2D eigenvalue weighted by Gasteiger charge is 2.38. The van der Waals surface area contributed by atoms with Gasteiger partial charge in [0.1, 0.15) is 5.75 Å². The van der Waals surface area contributed by atoms with Crippen molar-refractivity contribution >= 4 is 65.6 Å². The fourth-order valence-electron chi connectivity index (χ4n) is 11.8. The van der Waals surface area contributed by atoms with Crippen molar-refractivity contribution in [2.75, 3.05) is 53.7 Å². The highest BCUT2D eigenvalue weighted by molar-refractivity contribution is 7.93. The van der Waals surface area contributed by atoms with Crippen LogP contribution in [0.1, 0.15) is 199 Å². The van der Waals surface area contributed by atoms with Gasteiger partial charge in [-0.2, -0.15) is 28.8 Å². The van der Waals surface area contributed by atoms with Gasteiger partial charge in [0.25, 0.3) is 30.1 Å². The molecule has 9 rings (SSSR count). The number of anilines is 3. The van der Waals surface area contributed by atoms with E-state index in [0.29, 0.717) is 15.5 Å². The molecule has 0 aromatic heterocycles. The average molecular weight is 1340 g/mol. The smallest absolute Gasteiger partial charge is 0.373 e. The second-order valence-electron chi connectivity index (χ2n) is 23.1. The molecule has 4 N–H and O–H groups in total. The van der Waals surface area contributed by atoms with Crippen LogP contribution in [0.5, 0.6) is 5.75 Å². The molecular formula is C71H94N6O13S3. The van der Waals surface area contributed by atoms with Crippen molar-refractivity contribution < 1.29 is 59.1 Å². The molecule has 0 amide bonds. The molecule has 3 heterocycles. The van der Waals surface area contributed by atoms with Crippen molar-refractivity contribution in [1.29, 1.82) is 0 Å². The first-order valence-corrected chi connectivity index (χ1v) is 36.4. The molecular weight excluding hydrogens is 1240 g/mol. The molecule has 19 nitrogen and oxygen atoms in total. The summed E-state index contributed by atoms with van der Waals surface area (Å²) in [6, 6.07) is 38.8. The predicted octanol–water partition coefficient (Wildman–Crippen LogP) is 13.2. The quantitative estimate of drug-likeness (QED) is 0.0410. The maximum Gasteiger partial charge on any atom is 0.373 e. The molecule has 0 aliphatic carbocycles. The van der Waals surface area contributed by atoms with Crippen LogP contribution in [0.25, 0.3) is 0 Å². The summed E-state index contributed by atoms with van der Waals surface area (Å²) in [7, 11) is -6.09. The van der Waals surface area contributed by atoms with Gasteiger partial charge in [-0.25, -0.2) is 25.3 Å². The number of aromatic hydroxyl groups is 1. The Morgan fingerprint density at radius 1 is 0.366 bits per heavy atom. The van der Waals surface area contributed by atoms with Crippen molar-refractivity contribution in [3.63, 3.8) is 0 Å². The van der Waals surface area contributed by atoms with E-state index in [2.05, 4.69) is 36.7 Å². The molecule has 6 aromatic rings. The minimum absolute atomic E-state index is 0.0252. The number of nitrogens with zero attached hydrogens (tertiary/aromatic N) is 3. The summed E-state index contributed by atoms with van der Waals surface area (Å²) in [6.07, 6.45) is 22.8. The summed E-state index contributed by atoms with van der Waals surface area (Å²) >= 11 is 0. The molecule has 22 heteroatoms. The minimum Gasteiger partial charge on any atom is -0.506 e. The number of fused-ring (bicyclic) bond motifs is 6. The van der Waals surface area contributed by atoms with E-state index in [1.807, 2.05) is 105 Å². The van der Waals surface area contributed by atoms with E-state index in [1.54, 1.807) is 44.4 Å². The molecule has 3 unspecified atom stereocenters. The lowest BCUT2D eigenvalue weighted by molar-refractivity contribution is -0.193. The predicted molar refractivity (Wildman–Crippen MR) is 361 cm³/mol. The molecule has 0 fully saturated rings. The number of rotatable bonds is 24. The van der Waals surface area contributed by atoms with Crippen molar-refractivity contribution in [2.45, 2.75) is 183 Å². The van der Waals surface area contributed by atoms with Crippen LogP contribution in [0.2, 0.25) is 0 Å². The monoisotopic (exact) mass is 1330 g/mol. The summed E-state index contributed by atoms with van der Waals surface area (Å²) in [5, 5.41) is 21.3. The van der Waals surface area contributed by atoms with E-state index in [4.69, 9.17) is 28.8 Å². The van der Waals surface area contributed by atoms with Gasteiger partial charge in [-0.15, -0.1) is 0 Å². The Morgan fingerprint density at radius 3 is 1.17 bits per heavy atom. The zero-order valence-corrected chi connectivity index (χ0v) is 57.6. The van der Waals surface area contributed by atoms with Crippen LogP contribution in [0.3, 0.4) is 0 Å². The minimum atomic E-state index is -3.74. The molecule has 0 radical (unpaired) electrons. The maximum atomic E-state index is 13.3. The van der Waals surface area contributed by atoms with Crippen LogP contribution in [0.15, 0.2) is 142 Å².